The van der Waals surface area contributed by atoms with E-state index in [0.29, 0.717) is 36.8 Å². The van der Waals surface area contributed by atoms with Gasteiger partial charge < -0.3 is 14.4 Å². The number of piperazine rings is 1. The largest absolute Gasteiger partial charge is 0.367 e. The van der Waals surface area contributed by atoms with Gasteiger partial charge in [0.15, 0.2) is 0 Å². The number of rotatable bonds is 3. The van der Waals surface area contributed by atoms with Gasteiger partial charge in [-0.05, 0) is 18.2 Å². The van der Waals surface area contributed by atoms with Crippen LogP contribution in [0.5, 0.6) is 0 Å². The predicted octanol–water partition coefficient (Wildman–Crippen LogP) is 1.10. The van der Waals surface area contributed by atoms with Gasteiger partial charge in [-0.3, -0.25) is 14.2 Å². The highest BCUT2D eigenvalue weighted by Gasteiger charge is 2.21. The third-order valence-corrected chi connectivity index (χ3v) is 4.98. The molecule has 0 spiro atoms. The van der Waals surface area contributed by atoms with Gasteiger partial charge in [-0.15, -0.1) is 0 Å². The Hall–Kier alpha value is -2.80. The van der Waals surface area contributed by atoms with Crippen molar-refractivity contribution in [3.63, 3.8) is 0 Å². The maximum absolute atomic E-state index is 12.4. The number of carbonyl (C=O) groups is 1. The van der Waals surface area contributed by atoms with E-state index in [-0.39, 0.29) is 5.91 Å². The van der Waals surface area contributed by atoms with Gasteiger partial charge in [0.2, 0.25) is 5.91 Å². The summed E-state index contributed by atoms with van der Waals surface area (Å²) in [6.45, 7) is 2.51. The fourth-order valence-corrected chi connectivity index (χ4v) is 3.35. The number of benzene rings is 1. The molecule has 1 aromatic heterocycles. The molecule has 1 aliphatic rings. The zero-order valence-electron chi connectivity index (χ0n) is 15.3. The molecule has 0 atom stereocenters. The second kappa shape index (κ2) is 7.84. The molecule has 0 N–H and O–H groups in total. The van der Waals surface area contributed by atoms with Crippen molar-refractivity contribution < 1.29 is 4.79 Å². The van der Waals surface area contributed by atoms with Gasteiger partial charge in [-0.25, -0.2) is 4.79 Å². The van der Waals surface area contributed by atoms with E-state index in [1.54, 1.807) is 11.9 Å². The fraction of sp³-hybridized carbons (Fsp3) is 0.316. The van der Waals surface area contributed by atoms with Gasteiger partial charge in [0.25, 0.3) is 5.56 Å². The highest BCUT2D eigenvalue weighted by molar-refractivity contribution is 6.33. The Morgan fingerprint density at radius 2 is 1.74 bits per heavy atom. The van der Waals surface area contributed by atoms with E-state index in [2.05, 4.69) is 4.90 Å². The number of anilines is 1. The van der Waals surface area contributed by atoms with E-state index in [0.717, 1.165) is 10.3 Å². The van der Waals surface area contributed by atoms with Crippen molar-refractivity contribution in [1.29, 1.82) is 0 Å². The van der Waals surface area contributed by atoms with Gasteiger partial charge in [0, 0.05) is 52.5 Å². The van der Waals surface area contributed by atoms with Crippen LogP contribution < -0.4 is 16.1 Å². The smallest absolute Gasteiger partial charge is 0.330 e. The minimum Gasteiger partial charge on any atom is -0.367 e. The molecule has 1 fully saturated rings. The summed E-state index contributed by atoms with van der Waals surface area (Å²) in [5.74, 6) is -0.162. The lowest BCUT2D eigenvalue weighted by molar-refractivity contribution is -0.126. The summed E-state index contributed by atoms with van der Waals surface area (Å²) in [6.07, 6.45) is 4.28. The van der Waals surface area contributed by atoms with Crippen LogP contribution in [0, 0.1) is 0 Å². The van der Waals surface area contributed by atoms with Crippen molar-refractivity contribution in [2.75, 3.05) is 31.1 Å². The quantitative estimate of drug-likeness (QED) is 0.738. The van der Waals surface area contributed by atoms with Crippen LogP contribution in [0.4, 0.5) is 5.69 Å². The number of amides is 1. The molecule has 2 heterocycles. The summed E-state index contributed by atoms with van der Waals surface area (Å²) >= 11 is 6.24. The van der Waals surface area contributed by atoms with Crippen LogP contribution in [0.25, 0.3) is 6.08 Å². The van der Waals surface area contributed by atoms with Gasteiger partial charge >= 0.3 is 5.69 Å². The molecule has 0 saturated carbocycles. The van der Waals surface area contributed by atoms with Crippen LogP contribution in [-0.4, -0.2) is 46.1 Å². The van der Waals surface area contributed by atoms with Crippen molar-refractivity contribution in [3.05, 3.63) is 68.0 Å². The Morgan fingerprint density at radius 1 is 1.07 bits per heavy atom. The number of para-hydroxylation sites is 1. The molecular formula is C19H21ClN4O3. The second-order valence-electron chi connectivity index (χ2n) is 6.44. The Kier molecular flexibility index (Phi) is 5.51. The average Bonchev–Trinajstić information content (AvgIpc) is 2.68. The first-order valence-electron chi connectivity index (χ1n) is 8.61. The fourth-order valence-electron chi connectivity index (χ4n) is 3.09. The zero-order chi connectivity index (χ0) is 19.6. The summed E-state index contributed by atoms with van der Waals surface area (Å²) in [4.78, 5) is 40.2. The standard InChI is InChI=1S/C19H21ClN4O3/c1-21-13-14(18(26)22(2)19(21)27)7-8-17(25)24-11-9-23(10-12-24)16-6-4-3-5-15(16)20/h3-8,13H,9-12H2,1-2H3/b8-7+. The van der Waals surface area contributed by atoms with Crippen molar-refractivity contribution in [2.24, 2.45) is 14.1 Å². The molecule has 1 aliphatic heterocycles. The minimum absolute atomic E-state index is 0.162. The maximum Gasteiger partial charge on any atom is 0.330 e. The third-order valence-electron chi connectivity index (χ3n) is 4.66. The molecule has 0 aliphatic carbocycles. The second-order valence-corrected chi connectivity index (χ2v) is 6.85. The third kappa shape index (κ3) is 3.98. The van der Waals surface area contributed by atoms with Gasteiger partial charge in [-0.2, -0.15) is 0 Å². The summed E-state index contributed by atoms with van der Waals surface area (Å²) in [7, 11) is 2.98. The minimum atomic E-state index is -0.425. The molecule has 7 nitrogen and oxygen atoms in total. The van der Waals surface area contributed by atoms with Crippen LogP contribution in [0.2, 0.25) is 5.02 Å². The summed E-state index contributed by atoms with van der Waals surface area (Å²) in [5.41, 5.74) is 0.433. The molecule has 0 bridgehead atoms. The zero-order valence-corrected chi connectivity index (χ0v) is 16.0. The molecule has 8 heteroatoms. The van der Waals surface area contributed by atoms with Crippen molar-refractivity contribution in [1.82, 2.24) is 14.0 Å². The molecular weight excluding hydrogens is 368 g/mol. The van der Waals surface area contributed by atoms with Crippen LogP contribution in [0.3, 0.4) is 0 Å². The Balaban J connectivity index is 1.67. The first kappa shape index (κ1) is 19.0. The molecule has 1 amide bonds. The maximum atomic E-state index is 12.4. The first-order valence-corrected chi connectivity index (χ1v) is 8.99. The summed E-state index contributed by atoms with van der Waals surface area (Å²) < 4.78 is 2.33. The normalized spacial score (nSPS) is 14.8. The molecule has 0 unspecified atom stereocenters. The highest BCUT2D eigenvalue weighted by atomic mass is 35.5. The topological polar surface area (TPSA) is 67.6 Å². The van der Waals surface area contributed by atoms with Gasteiger partial charge in [0.1, 0.15) is 0 Å². The van der Waals surface area contributed by atoms with E-state index < -0.39 is 11.2 Å². The Labute approximate surface area is 161 Å². The van der Waals surface area contributed by atoms with Crippen LogP contribution in [0.1, 0.15) is 5.56 Å². The molecule has 2 aromatic rings. The Bertz CT molecular complexity index is 1000. The summed E-state index contributed by atoms with van der Waals surface area (Å²) in [6, 6.07) is 7.65. The lowest BCUT2D eigenvalue weighted by Gasteiger charge is -2.36. The monoisotopic (exact) mass is 388 g/mol. The number of hydrogen-bond acceptors (Lipinski definition) is 4. The summed E-state index contributed by atoms with van der Waals surface area (Å²) in [5, 5.41) is 0.697. The van der Waals surface area contributed by atoms with Crippen molar-refractivity contribution in [2.45, 2.75) is 0 Å². The average molecular weight is 389 g/mol. The number of carbonyl (C=O) groups excluding carboxylic acids is 1. The van der Waals surface area contributed by atoms with Crippen molar-refractivity contribution in [3.8, 4) is 0 Å². The molecule has 0 radical (unpaired) electrons. The number of nitrogens with zero attached hydrogens (tertiary/aromatic N) is 4. The van der Waals surface area contributed by atoms with Gasteiger partial charge in [-0.1, -0.05) is 23.7 Å². The molecule has 3 rings (SSSR count). The van der Waals surface area contributed by atoms with Crippen molar-refractivity contribution >= 4 is 29.3 Å². The molecule has 142 valence electrons. The predicted molar refractivity (Wildman–Crippen MR) is 106 cm³/mol. The van der Waals surface area contributed by atoms with Crippen LogP contribution >= 0.6 is 11.6 Å². The number of hydrogen-bond donors (Lipinski definition) is 0. The molecule has 1 saturated heterocycles. The van der Waals surface area contributed by atoms with E-state index >= 15 is 0 Å². The van der Waals surface area contributed by atoms with Crippen LogP contribution in [0.15, 0.2) is 46.1 Å². The lowest BCUT2D eigenvalue weighted by Crippen LogP contribution is -2.48. The van der Waals surface area contributed by atoms with E-state index in [1.807, 2.05) is 24.3 Å². The van der Waals surface area contributed by atoms with Gasteiger partial charge in [0.05, 0.1) is 16.3 Å². The number of halogens is 1. The van der Waals surface area contributed by atoms with E-state index in [9.17, 15) is 14.4 Å². The first-order chi connectivity index (χ1) is 12.9. The lowest BCUT2D eigenvalue weighted by atomic mass is 10.2. The van der Waals surface area contributed by atoms with Crippen LogP contribution in [-0.2, 0) is 18.9 Å². The Morgan fingerprint density at radius 3 is 2.41 bits per heavy atom. The number of aromatic nitrogens is 2. The highest BCUT2D eigenvalue weighted by Crippen LogP contribution is 2.26. The van der Waals surface area contributed by atoms with E-state index in [4.69, 9.17) is 11.6 Å². The number of aryl methyl sites for hydroxylation is 1. The molecule has 27 heavy (non-hydrogen) atoms. The SMILES string of the molecule is Cn1cc(/C=C/C(=O)N2CCN(c3ccccc3Cl)CC2)c(=O)n(C)c1=O. The van der Waals surface area contributed by atoms with E-state index in [1.165, 1.54) is 30.0 Å². The molecule has 1 aromatic carbocycles.